The highest BCUT2D eigenvalue weighted by molar-refractivity contribution is 6.21. The molecule has 3 amide bonds. The van der Waals surface area contributed by atoms with Crippen LogP contribution in [0.25, 0.3) is 10.8 Å². The Kier molecular flexibility index (Phi) is 6.08. The van der Waals surface area contributed by atoms with Crippen LogP contribution in [0.2, 0.25) is 0 Å². The van der Waals surface area contributed by atoms with Crippen LogP contribution in [0.1, 0.15) is 55.4 Å². The van der Waals surface area contributed by atoms with Gasteiger partial charge in [-0.05, 0) is 53.6 Å². The van der Waals surface area contributed by atoms with Crippen molar-refractivity contribution in [1.29, 1.82) is 0 Å². The second-order valence-corrected chi connectivity index (χ2v) is 8.47. The molecule has 2 heterocycles. The molecule has 36 heavy (non-hydrogen) atoms. The van der Waals surface area contributed by atoms with Crippen LogP contribution in [0.15, 0.2) is 83.5 Å². The lowest BCUT2D eigenvalue weighted by Crippen LogP contribution is -2.31. The summed E-state index contributed by atoms with van der Waals surface area (Å²) in [5, 5.41) is 4.94. The number of ether oxygens (including phenoxy) is 1. The molecule has 5 rings (SSSR count). The molecule has 1 atom stereocenters. The third kappa shape index (κ3) is 4.36. The number of carbonyl (C=O) groups excluding carboxylic acids is 4. The van der Waals surface area contributed by atoms with Crippen molar-refractivity contribution in [2.45, 2.75) is 19.5 Å². The van der Waals surface area contributed by atoms with E-state index in [1.165, 1.54) is 24.5 Å². The quantitative estimate of drug-likeness (QED) is 0.312. The van der Waals surface area contributed by atoms with E-state index in [2.05, 4.69) is 5.32 Å². The fourth-order valence-electron chi connectivity index (χ4n) is 4.32. The zero-order valence-corrected chi connectivity index (χ0v) is 19.4. The lowest BCUT2D eigenvalue weighted by atomic mass is 10.00. The highest BCUT2D eigenvalue weighted by atomic mass is 16.5. The maximum Gasteiger partial charge on any atom is 0.338 e. The summed E-state index contributed by atoms with van der Waals surface area (Å²) in [6.45, 7) is 1.37. The van der Waals surface area contributed by atoms with E-state index in [4.69, 9.17) is 9.15 Å². The van der Waals surface area contributed by atoms with Crippen molar-refractivity contribution in [3.8, 4) is 0 Å². The predicted molar refractivity (Wildman–Crippen MR) is 130 cm³/mol. The number of hydrogen-bond acceptors (Lipinski definition) is 6. The number of esters is 1. The van der Waals surface area contributed by atoms with Gasteiger partial charge in [-0.2, -0.15) is 0 Å². The summed E-state index contributed by atoms with van der Waals surface area (Å²) in [5.41, 5.74) is 1.33. The molecule has 1 aliphatic heterocycles. The number of nitrogens with one attached hydrogen (secondary N) is 1. The molecule has 1 aliphatic rings. The monoisotopic (exact) mass is 482 g/mol. The lowest BCUT2D eigenvalue weighted by Gasteiger charge is -2.16. The van der Waals surface area contributed by atoms with Crippen LogP contribution in [-0.2, 0) is 16.1 Å². The maximum atomic E-state index is 12.8. The van der Waals surface area contributed by atoms with E-state index < -0.39 is 30.3 Å². The van der Waals surface area contributed by atoms with Crippen molar-refractivity contribution in [1.82, 2.24) is 10.2 Å². The number of carbonyl (C=O) groups is 4. The van der Waals surface area contributed by atoms with Gasteiger partial charge in [0.15, 0.2) is 6.61 Å². The average molecular weight is 482 g/mol. The van der Waals surface area contributed by atoms with Crippen LogP contribution in [0.3, 0.4) is 0 Å². The van der Waals surface area contributed by atoms with Crippen LogP contribution in [0.4, 0.5) is 0 Å². The Balaban J connectivity index is 1.22. The largest absolute Gasteiger partial charge is 0.467 e. The molecule has 0 spiro atoms. The third-order valence-electron chi connectivity index (χ3n) is 6.10. The van der Waals surface area contributed by atoms with Crippen molar-refractivity contribution < 1.29 is 28.3 Å². The minimum absolute atomic E-state index is 0.00577. The predicted octanol–water partition coefficient (Wildman–Crippen LogP) is 4.26. The topological polar surface area (TPSA) is 106 Å². The first-order valence-electron chi connectivity index (χ1n) is 11.4. The van der Waals surface area contributed by atoms with Crippen LogP contribution < -0.4 is 5.32 Å². The van der Waals surface area contributed by atoms with Gasteiger partial charge in [-0.3, -0.25) is 19.3 Å². The third-order valence-corrected chi connectivity index (χ3v) is 6.10. The summed E-state index contributed by atoms with van der Waals surface area (Å²) < 4.78 is 10.4. The molecular weight excluding hydrogens is 460 g/mol. The van der Waals surface area contributed by atoms with E-state index in [1.54, 1.807) is 12.1 Å². The maximum absolute atomic E-state index is 12.8. The molecule has 1 unspecified atom stereocenters. The van der Waals surface area contributed by atoms with E-state index in [1.807, 2.05) is 49.4 Å². The van der Waals surface area contributed by atoms with Crippen LogP contribution in [0.5, 0.6) is 0 Å². The molecule has 8 heteroatoms. The lowest BCUT2D eigenvalue weighted by molar-refractivity contribution is -0.124. The van der Waals surface area contributed by atoms with Gasteiger partial charge in [-0.25, -0.2) is 4.79 Å². The van der Waals surface area contributed by atoms with Crippen molar-refractivity contribution in [2.24, 2.45) is 0 Å². The van der Waals surface area contributed by atoms with Gasteiger partial charge in [0.25, 0.3) is 17.7 Å². The van der Waals surface area contributed by atoms with Gasteiger partial charge in [0.2, 0.25) is 0 Å². The SMILES string of the molecule is CC(NC(=O)COC(=O)c1ccc2c(c1)C(=O)N(Cc1ccco1)C2=O)c1cccc2ccccc12. The van der Waals surface area contributed by atoms with Crippen molar-refractivity contribution >= 4 is 34.5 Å². The second-order valence-electron chi connectivity index (χ2n) is 8.47. The summed E-state index contributed by atoms with van der Waals surface area (Å²) in [7, 11) is 0. The molecule has 1 N–H and O–H groups in total. The number of rotatable bonds is 7. The minimum atomic E-state index is -0.768. The molecule has 0 bridgehead atoms. The number of furan rings is 1. The van der Waals surface area contributed by atoms with Gasteiger partial charge in [-0.1, -0.05) is 42.5 Å². The highest BCUT2D eigenvalue weighted by Gasteiger charge is 2.36. The molecule has 0 saturated carbocycles. The van der Waals surface area contributed by atoms with Gasteiger partial charge in [0, 0.05) is 0 Å². The van der Waals surface area contributed by atoms with E-state index >= 15 is 0 Å². The van der Waals surface area contributed by atoms with E-state index in [9.17, 15) is 19.2 Å². The average Bonchev–Trinajstić information content (AvgIpc) is 3.49. The number of fused-ring (bicyclic) bond motifs is 2. The molecule has 1 aromatic heterocycles. The standard InChI is InChI=1S/C28H22N2O6/c1-17(21-10-4-7-18-6-2-3-9-22(18)21)29-25(31)16-36-28(34)19-11-12-23-24(14-19)27(33)30(26(23)32)15-20-8-5-13-35-20/h2-14,17H,15-16H2,1H3,(H,29,31). The molecule has 4 aromatic rings. The van der Waals surface area contributed by atoms with Crippen LogP contribution in [0, 0.1) is 0 Å². The second kappa shape index (κ2) is 9.50. The Hall–Kier alpha value is -4.72. The number of hydrogen-bond donors (Lipinski definition) is 1. The first-order chi connectivity index (χ1) is 17.4. The Labute approximate surface area is 206 Å². The summed E-state index contributed by atoms with van der Waals surface area (Å²) in [4.78, 5) is 51.5. The van der Waals surface area contributed by atoms with Gasteiger partial charge in [0.1, 0.15) is 5.76 Å². The Morgan fingerprint density at radius 1 is 0.944 bits per heavy atom. The van der Waals surface area contributed by atoms with Gasteiger partial charge >= 0.3 is 5.97 Å². The van der Waals surface area contributed by atoms with Crippen molar-refractivity contribution in [3.05, 3.63) is 107 Å². The van der Waals surface area contributed by atoms with Crippen molar-refractivity contribution in [3.63, 3.8) is 0 Å². The fourth-order valence-corrected chi connectivity index (χ4v) is 4.32. The zero-order chi connectivity index (χ0) is 25.2. The molecular formula is C28H22N2O6. The van der Waals surface area contributed by atoms with Gasteiger partial charge < -0.3 is 14.5 Å². The number of amides is 3. The molecule has 0 saturated heterocycles. The molecule has 180 valence electrons. The normalized spacial score (nSPS) is 13.5. The van der Waals surface area contributed by atoms with Gasteiger partial charge in [-0.15, -0.1) is 0 Å². The van der Waals surface area contributed by atoms with E-state index in [0.717, 1.165) is 21.2 Å². The minimum Gasteiger partial charge on any atom is -0.467 e. The molecule has 0 aliphatic carbocycles. The Morgan fingerprint density at radius 3 is 2.53 bits per heavy atom. The first-order valence-corrected chi connectivity index (χ1v) is 11.4. The first kappa shape index (κ1) is 23.0. The van der Waals surface area contributed by atoms with Crippen LogP contribution in [-0.4, -0.2) is 35.2 Å². The molecule has 0 fully saturated rings. The van der Waals surface area contributed by atoms with Gasteiger partial charge in [0.05, 0.1) is 35.5 Å². The molecule has 3 aromatic carbocycles. The number of imide groups is 1. The smallest absolute Gasteiger partial charge is 0.338 e. The van der Waals surface area contributed by atoms with E-state index in [0.29, 0.717) is 5.76 Å². The fraction of sp³-hybridized carbons (Fsp3) is 0.143. The Morgan fingerprint density at radius 2 is 1.72 bits per heavy atom. The zero-order valence-electron chi connectivity index (χ0n) is 19.4. The number of nitrogens with zero attached hydrogens (tertiary/aromatic N) is 1. The summed E-state index contributed by atoms with van der Waals surface area (Å²) in [5.74, 6) is -1.75. The number of benzene rings is 3. The molecule has 0 radical (unpaired) electrons. The summed E-state index contributed by atoms with van der Waals surface area (Å²) in [6, 6.07) is 20.9. The summed E-state index contributed by atoms with van der Waals surface area (Å²) in [6.07, 6.45) is 1.46. The summed E-state index contributed by atoms with van der Waals surface area (Å²) >= 11 is 0. The highest BCUT2D eigenvalue weighted by Crippen LogP contribution is 2.26. The van der Waals surface area contributed by atoms with E-state index in [-0.39, 0.29) is 29.3 Å². The molecule has 8 nitrogen and oxygen atoms in total. The Bertz CT molecular complexity index is 1490. The van der Waals surface area contributed by atoms with Crippen molar-refractivity contribution in [2.75, 3.05) is 6.61 Å². The van der Waals surface area contributed by atoms with Crippen LogP contribution >= 0.6 is 0 Å².